The highest BCUT2D eigenvalue weighted by molar-refractivity contribution is 5.89. The molecule has 0 N–H and O–H groups in total. The molecule has 0 aliphatic carbocycles. The van der Waals surface area contributed by atoms with Crippen LogP contribution in [0.1, 0.15) is 23.7 Å². The van der Waals surface area contributed by atoms with Crippen LogP contribution in [0.5, 0.6) is 11.5 Å². The molecule has 0 aliphatic rings. The first-order chi connectivity index (χ1) is 10.3. The van der Waals surface area contributed by atoms with Gasteiger partial charge < -0.3 is 9.47 Å². The summed E-state index contributed by atoms with van der Waals surface area (Å²) >= 11 is 0. The van der Waals surface area contributed by atoms with Crippen molar-refractivity contribution in [3.8, 4) is 11.5 Å². The highest BCUT2D eigenvalue weighted by Gasteiger charge is 2.06. The normalized spacial score (nSPS) is 9.29. The van der Waals surface area contributed by atoms with Crippen LogP contribution in [0, 0.1) is 0 Å². The number of rotatable bonds is 5. The first kappa shape index (κ1) is 16.7. The van der Waals surface area contributed by atoms with Crippen molar-refractivity contribution >= 4 is 5.97 Å². The number of alkyl halides is 1. The van der Waals surface area contributed by atoms with Crippen molar-refractivity contribution in [2.45, 2.75) is 13.3 Å². The molecule has 0 atom stereocenters. The molecule has 2 aromatic rings. The molecular formula is C17H19FO3. The van der Waals surface area contributed by atoms with Gasteiger partial charge in [-0.1, -0.05) is 25.1 Å². The maximum atomic E-state index is 11.6. The number of carbonyl (C=O) groups excluding carboxylic acids is 1. The minimum atomic E-state index is -0.298. The van der Waals surface area contributed by atoms with Gasteiger partial charge in [0.1, 0.15) is 11.5 Å². The van der Waals surface area contributed by atoms with Crippen molar-refractivity contribution in [2.24, 2.45) is 0 Å². The van der Waals surface area contributed by atoms with Crippen LogP contribution in [-0.2, 0) is 4.74 Å². The Hall–Kier alpha value is -2.36. The second kappa shape index (κ2) is 9.53. The fourth-order valence-electron chi connectivity index (χ4n) is 1.56. The van der Waals surface area contributed by atoms with Crippen LogP contribution < -0.4 is 4.74 Å². The number of benzene rings is 2. The monoisotopic (exact) mass is 290 g/mol. The summed E-state index contributed by atoms with van der Waals surface area (Å²) in [5, 5.41) is 0. The van der Waals surface area contributed by atoms with E-state index >= 15 is 0 Å². The Balaban J connectivity index is 0.00000106. The lowest BCUT2D eigenvalue weighted by Crippen LogP contribution is -2.05. The van der Waals surface area contributed by atoms with Crippen LogP contribution in [0.25, 0.3) is 0 Å². The van der Waals surface area contributed by atoms with Crippen LogP contribution in [0.2, 0.25) is 0 Å². The van der Waals surface area contributed by atoms with Gasteiger partial charge in [-0.3, -0.25) is 4.39 Å². The maximum Gasteiger partial charge on any atom is 0.338 e. The Morgan fingerprint density at radius 3 is 2.10 bits per heavy atom. The Kier molecular flexibility index (Phi) is 7.58. The molecule has 0 radical (unpaired) electrons. The van der Waals surface area contributed by atoms with Gasteiger partial charge in [0, 0.05) is 0 Å². The average Bonchev–Trinajstić information content (AvgIpc) is 2.56. The van der Waals surface area contributed by atoms with Gasteiger partial charge in [0.05, 0.1) is 19.3 Å². The van der Waals surface area contributed by atoms with Crippen LogP contribution in [0.4, 0.5) is 4.39 Å². The molecular weight excluding hydrogens is 271 g/mol. The lowest BCUT2D eigenvalue weighted by molar-refractivity contribution is 0.0505. The zero-order chi connectivity index (χ0) is 15.5. The van der Waals surface area contributed by atoms with Gasteiger partial charge in [0.2, 0.25) is 0 Å². The third-order valence-corrected chi connectivity index (χ3v) is 2.51. The van der Waals surface area contributed by atoms with Gasteiger partial charge in [-0.15, -0.1) is 0 Å². The van der Waals surface area contributed by atoms with Crippen molar-refractivity contribution in [3.05, 3.63) is 60.2 Å². The Bertz CT molecular complexity index is 523. The number of halogens is 1. The largest absolute Gasteiger partial charge is 0.462 e. The predicted octanol–water partition coefficient (Wildman–Crippen LogP) is 4.63. The van der Waals surface area contributed by atoms with Crippen molar-refractivity contribution in [2.75, 3.05) is 13.8 Å². The summed E-state index contributed by atoms with van der Waals surface area (Å²) in [6, 6.07) is 16.4. The summed E-state index contributed by atoms with van der Waals surface area (Å²) in [5.41, 5.74) is 0.536. The number of ether oxygens (including phenoxy) is 2. The van der Waals surface area contributed by atoms with E-state index in [1.54, 1.807) is 24.3 Å². The van der Waals surface area contributed by atoms with E-state index < -0.39 is 0 Å². The fraction of sp³-hybridized carbons (Fsp3) is 0.235. The van der Waals surface area contributed by atoms with E-state index in [0.29, 0.717) is 25.1 Å². The van der Waals surface area contributed by atoms with Gasteiger partial charge in [-0.2, -0.15) is 0 Å². The van der Waals surface area contributed by atoms with E-state index in [1.165, 1.54) is 0 Å². The minimum Gasteiger partial charge on any atom is -0.462 e. The highest BCUT2D eigenvalue weighted by atomic mass is 19.1. The third kappa shape index (κ3) is 5.65. The molecule has 0 bridgehead atoms. The number of para-hydroxylation sites is 1. The summed E-state index contributed by atoms with van der Waals surface area (Å²) in [4.78, 5) is 11.6. The Labute approximate surface area is 124 Å². The van der Waals surface area contributed by atoms with Crippen molar-refractivity contribution in [1.29, 1.82) is 0 Å². The second-order valence-electron chi connectivity index (χ2n) is 4.08. The lowest BCUT2D eigenvalue weighted by Gasteiger charge is -2.06. The summed E-state index contributed by atoms with van der Waals surface area (Å²) in [7, 11) is 0.500. The van der Waals surface area contributed by atoms with Gasteiger partial charge in [-0.25, -0.2) is 4.79 Å². The van der Waals surface area contributed by atoms with E-state index in [9.17, 15) is 9.18 Å². The number of carbonyl (C=O) groups is 1. The first-order valence-electron chi connectivity index (χ1n) is 6.67. The van der Waals surface area contributed by atoms with Crippen molar-refractivity contribution < 1.29 is 18.7 Å². The van der Waals surface area contributed by atoms with Gasteiger partial charge in [0.25, 0.3) is 0 Å². The van der Waals surface area contributed by atoms with E-state index in [2.05, 4.69) is 0 Å². The maximum absolute atomic E-state index is 11.6. The molecule has 21 heavy (non-hydrogen) atoms. The SMILES string of the molecule is CCCOC(=O)c1ccc(Oc2ccccc2)cc1.CF. The summed E-state index contributed by atoms with van der Waals surface area (Å²) < 4.78 is 20.2. The molecule has 0 saturated carbocycles. The number of esters is 1. The summed E-state index contributed by atoms with van der Waals surface area (Å²) in [5.74, 6) is 1.16. The van der Waals surface area contributed by atoms with Crippen LogP contribution >= 0.6 is 0 Å². The molecule has 0 saturated heterocycles. The molecule has 112 valence electrons. The molecule has 0 unspecified atom stereocenters. The minimum absolute atomic E-state index is 0.298. The van der Waals surface area contributed by atoms with E-state index in [4.69, 9.17) is 9.47 Å². The zero-order valence-corrected chi connectivity index (χ0v) is 12.2. The van der Waals surface area contributed by atoms with E-state index in [0.717, 1.165) is 12.2 Å². The van der Waals surface area contributed by atoms with Crippen LogP contribution in [-0.4, -0.2) is 19.8 Å². The molecule has 0 amide bonds. The zero-order valence-electron chi connectivity index (χ0n) is 12.2. The first-order valence-corrected chi connectivity index (χ1v) is 6.67. The fourth-order valence-corrected chi connectivity index (χ4v) is 1.56. The van der Waals surface area contributed by atoms with Gasteiger partial charge in [0.15, 0.2) is 0 Å². The molecule has 3 nitrogen and oxygen atoms in total. The van der Waals surface area contributed by atoms with Crippen molar-refractivity contribution in [3.63, 3.8) is 0 Å². The second-order valence-corrected chi connectivity index (χ2v) is 4.08. The molecule has 0 spiro atoms. The molecule has 4 heteroatoms. The van der Waals surface area contributed by atoms with Gasteiger partial charge in [-0.05, 0) is 42.8 Å². The standard InChI is InChI=1S/C16H16O3.CH3F/c1-2-12-18-16(17)13-8-10-15(11-9-13)19-14-6-4-3-5-7-14;1-2/h3-11H,2,12H2,1H3;1H3. The number of hydrogen-bond donors (Lipinski definition) is 0. The number of hydrogen-bond acceptors (Lipinski definition) is 3. The summed E-state index contributed by atoms with van der Waals surface area (Å²) in [6.07, 6.45) is 0.820. The van der Waals surface area contributed by atoms with Gasteiger partial charge >= 0.3 is 5.97 Å². The molecule has 0 heterocycles. The smallest absolute Gasteiger partial charge is 0.338 e. The quantitative estimate of drug-likeness (QED) is 0.753. The molecule has 2 aromatic carbocycles. The molecule has 0 aromatic heterocycles. The lowest BCUT2D eigenvalue weighted by atomic mass is 10.2. The molecule has 2 rings (SSSR count). The third-order valence-electron chi connectivity index (χ3n) is 2.51. The van der Waals surface area contributed by atoms with Crippen molar-refractivity contribution in [1.82, 2.24) is 0 Å². The average molecular weight is 290 g/mol. The van der Waals surface area contributed by atoms with Crippen LogP contribution in [0.15, 0.2) is 54.6 Å². The molecule has 0 aliphatic heterocycles. The Morgan fingerprint density at radius 2 is 1.52 bits per heavy atom. The highest BCUT2D eigenvalue weighted by Crippen LogP contribution is 2.21. The predicted molar refractivity (Wildman–Crippen MR) is 80.6 cm³/mol. The topological polar surface area (TPSA) is 35.5 Å². The van der Waals surface area contributed by atoms with E-state index in [-0.39, 0.29) is 5.97 Å². The van der Waals surface area contributed by atoms with E-state index in [1.807, 2.05) is 37.3 Å². The summed E-state index contributed by atoms with van der Waals surface area (Å²) in [6.45, 7) is 2.41. The van der Waals surface area contributed by atoms with Crippen LogP contribution in [0.3, 0.4) is 0 Å². The molecule has 0 fully saturated rings. The Morgan fingerprint density at radius 1 is 0.952 bits per heavy atom.